The van der Waals surface area contributed by atoms with E-state index in [0.717, 1.165) is 45.4 Å². The maximum atomic E-state index is 12.0. The average Bonchev–Trinajstić information content (AvgIpc) is 2.85. The van der Waals surface area contributed by atoms with Gasteiger partial charge in [0, 0.05) is 32.4 Å². The van der Waals surface area contributed by atoms with Crippen molar-refractivity contribution in [2.45, 2.75) is 45.2 Å². The summed E-state index contributed by atoms with van der Waals surface area (Å²) >= 11 is 0. The molecule has 1 N–H and O–H groups in total. The summed E-state index contributed by atoms with van der Waals surface area (Å²) in [6.07, 6.45) is 6.79. The Kier molecular flexibility index (Phi) is 4.43. The van der Waals surface area contributed by atoms with Gasteiger partial charge in [0.2, 0.25) is 5.91 Å². The van der Waals surface area contributed by atoms with Gasteiger partial charge >= 0.3 is 0 Å². The zero-order valence-corrected chi connectivity index (χ0v) is 14.2. The number of likely N-dealkylation sites (tertiary alicyclic amines) is 2. The second-order valence-corrected chi connectivity index (χ2v) is 7.57. The van der Waals surface area contributed by atoms with Gasteiger partial charge in [0.25, 0.3) is 0 Å². The molecule has 3 heterocycles. The van der Waals surface area contributed by atoms with E-state index in [-0.39, 0.29) is 23.5 Å². The molecule has 1 spiro atoms. The molecule has 0 saturated carbocycles. The number of rotatable bonds is 3. The molecule has 5 nitrogen and oxygen atoms in total. The van der Waals surface area contributed by atoms with Crippen molar-refractivity contribution in [3.8, 4) is 0 Å². The standard InChI is InChI=1S/C18H27N3O2/c1-15(23)21-13-18(12-17(21,2)14-22)5-9-20(10-6-18)11-16-3-7-19-8-4-16/h3-4,7-8,22H,5-6,9-14H2,1-2H3. The highest BCUT2D eigenvalue weighted by Crippen LogP contribution is 2.48. The van der Waals surface area contributed by atoms with E-state index in [1.807, 2.05) is 24.2 Å². The first-order chi connectivity index (χ1) is 11.0. The van der Waals surface area contributed by atoms with Crippen molar-refractivity contribution in [2.24, 2.45) is 5.41 Å². The van der Waals surface area contributed by atoms with E-state index in [4.69, 9.17) is 0 Å². The quantitative estimate of drug-likeness (QED) is 0.921. The van der Waals surface area contributed by atoms with Crippen LogP contribution in [0.1, 0.15) is 38.7 Å². The third-order valence-electron chi connectivity index (χ3n) is 5.69. The van der Waals surface area contributed by atoms with Gasteiger partial charge in [-0.25, -0.2) is 0 Å². The molecule has 0 aliphatic carbocycles. The molecule has 5 heteroatoms. The van der Waals surface area contributed by atoms with Crippen LogP contribution in [0.3, 0.4) is 0 Å². The molecule has 1 aromatic heterocycles. The lowest BCUT2D eigenvalue weighted by atomic mass is 9.74. The van der Waals surface area contributed by atoms with Crippen LogP contribution in [0.2, 0.25) is 0 Å². The molecule has 1 unspecified atom stereocenters. The number of amides is 1. The predicted octanol–water partition coefficient (Wildman–Crippen LogP) is 1.67. The number of carbonyl (C=O) groups excluding carboxylic acids is 1. The molecule has 3 rings (SSSR count). The van der Waals surface area contributed by atoms with E-state index in [0.29, 0.717) is 0 Å². The number of hydrogen-bond acceptors (Lipinski definition) is 4. The first-order valence-electron chi connectivity index (χ1n) is 8.47. The van der Waals surface area contributed by atoms with Gasteiger partial charge in [-0.15, -0.1) is 0 Å². The summed E-state index contributed by atoms with van der Waals surface area (Å²) in [5.74, 6) is 0.0811. The molecule has 2 saturated heterocycles. The zero-order chi connectivity index (χ0) is 16.5. The normalized spacial score (nSPS) is 27.5. The summed E-state index contributed by atoms with van der Waals surface area (Å²) in [5, 5.41) is 9.80. The monoisotopic (exact) mass is 317 g/mol. The lowest BCUT2D eigenvalue weighted by Crippen LogP contribution is -2.46. The molecule has 1 aromatic rings. The Balaban J connectivity index is 1.63. The third kappa shape index (κ3) is 3.26. The summed E-state index contributed by atoms with van der Waals surface area (Å²) in [7, 11) is 0. The molecule has 0 radical (unpaired) electrons. The number of carbonyl (C=O) groups is 1. The first kappa shape index (κ1) is 16.4. The Bertz CT molecular complexity index is 555. The summed E-state index contributed by atoms with van der Waals surface area (Å²) in [5.41, 5.74) is 1.09. The van der Waals surface area contributed by atoms with Crippen LogP contribution in [-0.4, -0.2) is 57.6 Å². The fourth-order valence-corrected chi connectivity index (χ4v) is 4.38. The Morgan fingerprint density at radius 3 is 2.48 bits per heavy atom. The molecule has 2 aliphatic heterocycles. The molecular weight excluding hydrogens is 290 g/mol. The van der Waals surface area contributed by atoms with Crippen LogP contribution in [-0.2, 0) is 11.3 Å². The largest absolute Gasteiger partial charge is 0.394 e. The minimum Gasteiger partial charge on any atom is -0.394 e. The summed E-state index contributed by atoms with van der Waals surface area (Å²) in [6, 6.07) is 4.14. The van der Waals surface area contributed by atoms with Crippen LogP contribution in [0, 0.1) is 5.41 Å². The maximum Gasteiger partial charge on any atom is 0.219 e. The van der Waals surface area contributed by atoms with Gasteiger partial charge in [-0.3, -0.25) is 14.7 Å². The SMILES string of the molecule is CC(=O)N1CC2(CCN(Cc3ccncc3)CC2)CC1(C)CO. The molecule has 1 atom stereocenters. The van der Waals surface area contributed by atoms with Crippen LogP contribution in [0.15, 0.2) is 24.5 Å². The minimum atomic E-state index is -0.390. The van der Waals surface area contributed by atoms with E-state index < -0.39 is 0 Å². The van der Waals surface area contributed by atoms with Crippen LogP contribution in [0.4, 0.5) is 0 Å². The van der Waals surface area contributed by atoms with Gasteiger partial charge in [-0.2, -0.15) is 0 Å². The van der Waals surface area contributed by atoms with E-state index in [9.17, 15) is 9.90 Å². The van der Waals surface area contributed by atoms with Gasteiger partial charge in [0.05, 0.1) is 12.1 Å². The maximum absolute atomic E-state index is 12.0. The summed E-state index contributed by atoms with van der Waals surface area (Å²) in [6.45, 7) is 7.55. The Hall–Kier alpha value is -1.46. The van der Waals surface area contributed by atoms with Gasteiger partial charge in [-0.05, 0) is 62.4 Å². The molecule has 0 aromatic carbocycles. The highest BCUT2D eigenvalue weighted by Gasteiger charge is 2.52. The van der Waals surface area contributed by atoms with Crippen LogP contribution in [0.5, 0.6) is 0 Å². The first-order valence-corrected chi connectivity index (χ1v) is 8.47. The highest BCUT2D eigenvalue weighted by atomic mass is 16.3. The number of aliphatic hydroxyl groups is 1. The van der Waals surface area contributed by atoms with Crippen molar-refractivity contribution >= 4 is 5.91 Å². The summed E-state index contributed by atoms with van der Waals surface area (Å²) < 4.78 is 0. The smallest absolute Gasteiger partial charge is 0.219 e. The van der Waals surface area contributed by atoms with Crippen LogP contribution < -0.4 is 0 Å². The lowest BCUT2D eigenvalue weighted by molar-refractivity contribution is -0.134. The van der Waals surface area contributed by atoms with E-state index in [1.54, 1.807) is 6.92 Å². The fraction of sp³-hybridized carbons (Fsp3) is 0.667. The number of pyridine rings is 1. The molecule has 2 aliphatic rings. The van der Waals surface area contributed by atoms with Crippen LogP contribution >= 0.6 is 0 Å². The summed E-state index contributed by atoms with van der Waals surface area (Å²) in [4.78, 5) is 20.4. The lowest BCUT2D eigenvalue weighted by Gasteiger charge is -2.39. The van der Waals surface area contributed by atoms with Gasteiger partial charge in [-0.1, -0.05) is 0 Å². The minimum absolute atomic E-state index is 0.0507. The van der Waals surface area contributed by atoms with Gasteiger partial charge < -0.3 is 10.0 Å². The van der Waals surface area contributed by atoms with E-state index >= 15 is 0 Å². The fourth-order valence-electron chi connectivity index (χ4n) is 4.38. The highest BCUT2D eigenvalue weighted by molar-refractivity contribution is 5.74. The number of piperidine rings is 1. The van der Waals surface area contributed by atoms with Crippen molar-refractivity contribution < 1.29 is 9.90 Å². The van der Waals surface area contributed by atoms with E-state index in [1.165, 1.54) is 5.56 Å². The Morgan fingerprint density at radius 1 is 1.30 bits per heavy atom. The van der Waals surface area contributed by atoms with Crippen molar-refractivity contribution in [3.05, 3.63) is 30.1 Å². The third-order valence-corrected chi connectivity index (χ3v) is 5.69. The molecular formula is C18H27N3O2. The van der Waals surface area contributed by atoms with Crippen LogP contribution in [0.25, 0.3) is 0 Å². The Labute approximate surface area is 138 Å². The number of aromatic nitrogens is 1. The number of nitrogens with zero attached hydrogens (tertiary/aromatic N) is 3. The molecule has 0 bridgehead atoms. The predicted molar refractivity (Wildman–Crippen MR) is 88.7 cm³/mol. The second-order valence-electron chi connectivity index (χ2n) is 7.57. The molecule has 1 amide bonds. The van der Waals surface area contributed by atoms with Crippen molar-refractivity contribution in [3.63, 3.8) is 0 Å². The second kappa shape index (κ2) is 6.21. The number of hydrogen-bond donors (Lipinski definition) is 1. The number of aliphatic hydroxyl groups excluding tert-OH is 1. The van der Waals surface area contributed by atoms with E-state index in [2.05, 4.69) is 22.0 Å². The molecule has 2 fully saturated rings. The van der Waals surface area contributed by atoms with Gasteiger partial charge in [0.15, 0.2) is 0 Å². The molecule has 126 valence electrons. The zero-order valence-electron chi connectivity index (χ0n) is 14.2. The topological polar surface area (TPSA) is 56.7 Å². The van der Waals surface area contributed by atoms with Crippen molar-refractivity contribution in [2.75, 3.05) is 26.2 Å². The Morgan fingerprint density at radius 2 is 1.96 bits per heavy atom. The van der Waals surface area contributed by atoms with Gasteiger partial charge in [0.1, 0.15) is 0 Å². The molecule has 23 heavy (non-hydrogen) atoms. The average molecular weight is 317 g/mol. The van der Waals surface area contributed by atoms with Crippen molar-refractivity contribution in [1.82, 2.24) is 14.8 Å². The van der Waals surface area contributed by atoms with Crippen molar-refractivity contribution in [1.29, 1.82) is 0 Å².